The van der Waals surface area contributed by atoms with Crippen LogP contribution in [0.1, 0.15) is 37.3 Å². The summed E-state index contributed by atoms with van der Waals surface area (Å²) >= 11 is 0. The normalized spacial score (nSPS) is 11.0. The van der Waals surface area contributed by atoms with Crippen molar-refractivity contribution < 1.29 is 0 Å². The lowest BCUT2D eigenvalue weighted by Crippen LogP contribution is -1.99. The topological polar surface area (TPSA) is 62.7 Å². The van der Waals surface area contributed by atoms with Crippen molar-refractivity contribution in [2.45, 2.75) is 32.6 Å². The number of fused-ring (bicyclic) bond motifs is 1. The Kier molecular flexibility index (Phi) is 4.73. The van der Waals surface area contributed by atoms with Crippen molar-refractivity contribution in [2.24, 2.45) is 0 Å². The largest absolute Gasteiger partial charge is 0.383 e. The molecule has 3 heteroatoms. The van der Waals surface area contributed by atoms with Crippen molar-refractivity contribution in [1.29, 1.82) is 5.26 Å². The van der Waals surface area contributed by atoms with Gasteiger partial charge in [-0.3, -0.25) is 0 Å². The van der Waals surface area contributed by atoms with Crippen LogP contribution in [-0.2, 0) is 6.42 Å². The van der Waals surface area contributed by atoms with Crippen LogP contribution in [0.4, 0.5) is 5.82 Å². The van der Waals surface area contributed by atoms with Crippen LogP contribution in [0.25, 0.3) is 17.0 Å². The fraction of sp³-hybridized carbons (Fsp3) is 0.294. The van der Waals surface area contributed by atoms with Gasteiger partial charge in [-0.2, -0.15) is 5.26 Å². The van der Waals surface area contributed by atoms with E-state index in [9.17, 15) is 0 Å². The van der Waals surface area contributed by atoms with E-state index in [2.05, 4.69) is 18.0 Å². The minimum atomic E-state index is 0.620. The maximum absolute atomic E-state index is 8.67. The van der Waals surface area contributed by atoms with Gasteiger partial charge < -0.3 is 5.73 Å². The standard InChI is InChI=1S/C17H19N3/c1-2-3-4-7-14-12-15-13(9-6-11-18)8-5-10-16(15)20-17(14)19/h5-6,8-10,12H,2-4,7H2,1H3,(H2,19,20)/b9-6+. The molecule has 0 aliphatic heterocycles. The number of anilines is 1. The number of hydrogen-bond acceptors (Lipinski definition) is 3. The zero-order valence-corrected chi connectivity index (χ0v) is 11.8. The highest BCUT2D eigenvalue weighted by Gasteiger charge is 2.06. The van der Waals surface area contributed by atoms with Gasteiger partial charge in [0.15, 0.2) is 0 Å². The molecule has 0 spiro atoms. The third-order valence-electron chi connectivity index (χ3n) is 3.39. The first-order valence-corrected chi connectivity index (χ1v) is 7.00. The van der Waals surface area contributed by atoms with Crippen LogP contribution in [0.2, 0.25) is 0 Å². The lowest BCUT2D eigenvalue weighted by atomic mass is 10.0. The van der Waals surface area contributed by atoms with E-state index in [1.54, 1.807) is 0 Å². The highest BCUT2D eigenvalue weighted by molar-refractivity contribution is 5.89. The molecule has 2 rings (SSSR count). The predicted octanol–water partition coefficient (Wildman–Crippen LogP) is 4.09. The van der Waals surface area contributed by atoms with Crippen molar-refractivity contribution in [3.05, 3.63) is 41.5 Å². The number of rotatable bonds is 5. The minimum absolute atomic E-state index is 0.620. The van der Waals surface area contributed by atoms with Gasteiger partial charge in [-0.25, -0.2) is 4.98 Å². The molecule has 0 aliphatic rings. The zero-order chi connectivity index (χ0) is 14.4. The molecule has 20 heavy (non-hydrogen) atoms. The van der Waals surface area contributed by atoms with Crippen molar-refractivity contribution in [2.75, 3.05) is 5.73 Å². The molecule has 0 fully saturated rings. The minimum Gasteiger partial charge on any atom is -0.383 e. The SMILES string of the molecule is CCCCCc1cc2c(/C=C/C#N)cccc2nc1N. The van der Waals surface area contributed by atoms with E-state index in [1.807, 2.05) is 30.3 Å². The first kappa shape index (κ1) is 14.1. The van der Waals surface area contributed by atoms with Crippen molar-refractivity contribution in [3.63, 3.8) is 0 Å². The van der Waals surface area contributed by atoms with E-state index in [-0.39, 0.29) is 0 Å². The second-order valence-corrected chi connectivity index (χ2v) is 4.87. The van der Waals surface area contributed by atoms with Gasteiger partial charge in [0.25, 0.3) is 0 Å². The number of nitrogens with two attached hydrogens (primary N) is 1. The van der Waals surface area contributed by atoms with E-state index in [0.29, 0.717) is 5.82 Å². The number of aryl methyl sites for hydroxylation is 1. The van der Waals surface area contributed by atoms with Crippen LogP contribution < -0.4 is 5.73 Å². The third kappa shape index (κ3) is 3.16. The summed E-state index contributed by atoms with van der Waals surface area (Å²) in [5, 5.41) is 9.72. The third-order valence-corrected chi connectivity index (χ3v) is 3.39. The Balaban J connectivity index is 2.43. The first-order valence-electron chi connectivity index (χ1n) is 7.00. The van der Waals surface area contributed by atoms with Crippen LogP contribution in [-0.4, -0.2) is 4.98 Å². The summed E-state index contributed by atoms with van der Waals surface area (Å²) < 4.78 is 0. The predicted molar refractivity (Wildman–Crippen MR) is 84.0 cm³/mol. The molecule has 0 atom stereocenters. The molecule has 2 N–H and O–H groups in total. The molecule has 0 amide bonds. The van der Waals surface area contributed by atoms with Gasteiger partial charge >= 0.3 is 0 Å². The number of hydrogen-bond donors (Lipinski definition) is 1. The lowest BCUT2D eigenvalue weighted by molar-refractivity contribution is 0.718. The fourth-order valence-electron chi connectivity index (χ4n) is 2.31. The second-order valence-electron chi connectivity index (χ2n) is 4.87. The van der Waals surface area contributed by atoms with E-state index in [0.717, 1.165) is 34.9 Å². The molecular weight excluding hydrogens is 246 g/mol. The van der Waals surface area contributed by atoms with Gasteiger partial charge in [0, 0.05) is 11.5 Å². The van der Waals surface area contributed by atoms with Crippen LogP contribution >= 0.6 is 0 Å². The van der Waals surface area contributed by atoms with E-state index >= 15 is 0 Å². The van der Waals surface area contributed by atoms with Gasteiger partial charge in [0.1, 0.15) is 5.82 Å². The zero-order valence-electron chi connectivity index (χ0n) is 11.8. The molecule has 0 bridgehead atoms. The molecule has 102 valence electrons. The number of allylic oxidation sites excluding steroid dienone is 1. The van der Waals surface area contributed by atoms with Gasteiger partial charge in [-0.15, -0.1) is 0 Å². The highest BCUT2D eigenvalue weighted by Crippen LogP contribution is 2.24. The average molecular weight is 265 g/mol. The molecule has 0 aliphatic carbocycles. The fourth-order valence-corrected chi connectivity index (χ4v) is 2.31. The van der Waals surface area contributed by atoms with Gasteiger partial charge in [-0.1, -0.05) is 31.9 Å². The molecular formula is C17H19N3. The molecule has 1 aromatic carbocycles. The summed E-state index contributed by atoms with van der Waals surface area (Å²) in [6.07, 6.45) is 7.78. The summed E-state index contributed by atoms with van der Waals surface area (Å²) in [5.41, 5.74) is 9.02. The molecule has 0 saturated carbocycles. The monoisotopic (exact) mass is 265 g/mol. The number of pyridine rings is 1. The Hall–Kier alpha value is -2.34. The van der Waals surface area contributed by atoms with Crippen molar-refractivity contribution in [1.82, 2.24) is 4.98 Å². The Morgan fingerprint density at radius 2 is 2.20 bits per heavy atom. The number of nitrogens with zero attached hydrogens (tertiary/aromatic N) is 2. The number of nitriles is 1. The van der Waals surface area contributed by atoms with E-state index < -0.39 is 0 Å². The van der Waals surface area contributed by atoms with Crippen LogP contribution in [0.3, 0.4) is 0 Å². The molecule has 3 nitrogen and oxygen atoms in total. The summed E-state index contributed by atoms with van der Waals surface area (Å²) in [7, 11) is 0. The van der Waals surface area contributed by atoms with Crippen molar-refractivity contribution in [3.8, 4) is 6.07 Å². The maximum atomic E-state index is 8.67. The Morgan fingerprint density at radius 1 is 1.35 bits per heavy atom. The molecule has 1 aromatic heterocycles. The number of nitrogen functional groups attached to an aromatic ring is 1. The highest BCUT2D eigenvalue weighted by atomic mass is 14.8. The summed E-state index contributed by atoms with van der Waals surface area (Å²) in [6.45, 7) is 2.19. The number of benzene rings is 1. The van der Waals surface area contributed by atoms with Crippen LogP contribution in [0, 0.1) is 11.3 Å². The van der Waals surface area contributed by atoms with E-state index in [4.69, 9.17) is 11.0 Å². The number of unbranched alkanes of at least 4 members (excludes halogenated alkanes) is 2. The van der Waals surface area contributed by atoms with Crippen LogP contribution in [0.5, 0.6) is 0 Å². The quantitative estimate of drug-likeness (QED) is 0.654. The van der Waals surface area contributed by atoms with Gasteiger partial charge in [0.05, 0.1) is 11.6 Å². The number of aromatic nitrogens is 1. The van der Waals surface area contributed by atoms with E-state index in [1.165, 1.54) is 18.9 Å². The van der Waals surface area contributed by atoms with Gasteiger partial charge in [0.2, 0.25) is 0 Å². The van der Waals surface area contributed by atoms with Gasteiger partial charge in [-0.05, 0) is 42.2 Å². The lowest BCUT2D eigenvalue weighted by Gasteiger charge is -2.08. The summed E-state index contributed by atoms with van der Waals surface area (Å²) in [6, 6.07) is 10.0. The summed E-state index contributed by atoms with van der Waals surface area (Å²) in [5.74, 6) is 0.620. The first-order chi connectivity index (χ1) is 9.76. The second kappa shape index (κ2) is 6.72. The van der Waals surface area contributed by atoms with Crippen molar-refractivity contribution >= 4 is 22.8 Å². The Bertz CT molecular complexity index is 666. The summed E-state index contributed by atoms with van der Waals surface area (Å²) in [4.78, 5) is 4.48. The maximum Gasteiger partial charge on any atom is 0.127 e. The molecule has 0 radical (unpaired) electrons. The molecule has 0 saturated heterocycles. The molecule has 1 heterocycles. The average Bonchev–Trinajstić information content (AvgIpc) is 2.46. The molecule has 2 aromatic rings. The Morgan fingerprint density at radius 3 is 2.95 bits per heavy atom. The smallest absolute Gasteiger partial charge is 0.127 e. The van der Waals surface area contributed by atoms with Crippen LogP contribution in [0.15, 0.2) is 30.3 Å². The molecule has 0 unspecified atom stereocenters. The Labute approximate surface area is 119 Å².